The van der Waals surface area contributed by atoms with E-state index in [-0.39, 0.29) is 22.9 Å². The van der Waals surface area contributed by atoms with Crippen LogP contribution in [0, 0.1) is 0 Å². The molecule has 0 aromatic heterocycles. The summed E-state index contributed by atoms with van der Waals surface area (Å²) in [5.41, 5.74) is 2.91. The molecule has 0 fully saturated rings. The van der Waals surface area contributed by atoms with Crippen molar-refractivity contribution in [3.63, 3.8) is 0 Å². The van der Waals surface area contributed by atoms with Crippen molar-refractivity contribution in [1.82, 2.24) is 9.62 Å². The fraction of sp³-hybridized carbons (Fsp3) is 0.214. The van der Waals surface area contributed by atoms with Crippen LogP contribution in [0.5, 0.6) is 5.75 Å². The molecular weight excluding hydrogens is 476 g/mol. The summed E-state index contributed by atoms with van der Waals surface area (Å²) in [4.78, 5) is 25.3. The Hall–Kier alpha value is -3.91. The molecule has 2 amide bonds. The van der Waals surface area contributed by atoms with Crippen LogP contribution in [0.3, 0.4) is 0 Å². The molecule has 186 valence electrons. The highest BCUT2D eigenvalue weighted by atomic mass is 32.2. The van der Waals surface area contributed by atoms with E-state index in [4.69, 9.17) is 4.74 Å². The van der Waals surface area contributed by atoms with Gasteiger partial charge in [-0.2, -0.15) is 0 Å². The summed E-state index contributed by atoms with van der Waals surface area (Å²) in [5, 5.41) is 2.90. The van der Waals surface area contributed by atoms with Crippen LogP contribution in [0.15, 0.2) is 84.4 Å². The number of benzene rings is 3. The number of ether oxygens (including phenoxy) is 1. The Balaban J connectivity index is 1.38. The number of rotatable bonds is 9. The third-order valence-corrected chi connectivity index (χ3v) is 8.03. The van der Waals surface area contributed by atoms with Crippen LogP contribution in [0.1, 0.15) is 40.4 Å². The number of nitrogens with zero attached hydrogens (tertiary/aromatic N) is 1. The van der Waals surface area contributed by atoms with Crippen LogP contribution in [0.4, 0.5) is 0 Å². The van der Waals surface area contributed by atoms with E-state index in [0.29, 0.717) is 29.0 Å². The smallest absolute Gasteiger partial charge is 0.268 e. The summed E-state index contributed by atoms with van der Waals surface area (Å²) in [5.74, 6) is -0.157. The molecule has 0 aliphatic carbocycles. The molecule has 0 atom stereocenters. The molecule has 0 unspecified atom stereocenters. The lowest BCUT2D eigenvalue weighted by Gasteiger charge is -2.17. The molecule has 3 aromatic carbocycles. The number of aryl methyl sites for hydroxylation is 1. The highest BCUT2D eigenvalue weighted by Crippen LogP contribution is 2.37. The molecule has 1 aliphatic rings. The second kappa shape index (κ2) is 10.8. The van der Waals surface area contributed by atoms with Gasteiger partial charge in [0.1, 0.15) is 10.7 Å². The molecule has 0 saturated carbocycles. The number of nitrogens with one attached hydrogen (secondary N) is 1. The van der Waals surface area contributed by atoms with Crippen molar-refractivity contribution >= 4 is 26.7 Å². The van der Waals surface area contributed by atoms with Gasteiger partial charge in [-0.05, 0) is 72.9 Å². The molecule has 3 aromatic rings. The first kappa shape index (κ1) is 25.2. The lowest BCUT2D eigenvalue weighted by atomic mass is 10.1. The van der Waals surface area contributed by atoms with Crippen LogP contribution in [0.2, 0.25) is 0 Å². The molecule has 0 spiro atoms. The van der Waals surface area contributed by atoms with Crippen molar-refractivity contribution in [2.45, 2.75) is 26.3 Å². The van der Waals surface area contributed by atoms with E-state index in [0.717, 1.165) is 17.1 Å². The third-order valence-electron chi connectivity index (χ3n) is 6.10. The van der Waals surface area contributed by atoms with Gasteiger partial charge < -0.3 is 10.1 Å². The van der Waals surface area contributed by atoms with Gasteiger partial charge in [0, 0.05) is 17.7 Å². The van der Waals surface area contributed by atoms with Gasteiger partial charge in [0.2, 0.25) is 0 Å². The summed E-state index contributed by atoms with van der Waals surface area (Å²) < 4.78 is 32.5. The molecular formula is C28H28N2O5S. The predicted molar refractivity (Wildman–Crippen MR) is 139 cm³/mol. The van der Waals surface area contributed by atoms with Gasteiger partial charge in [-0.15, -0.1) is 0 Å². The summed E-state index contributed by atoms with van der Waals surface area (Å²) in [6.45, 7) is 1.96. The van der Waals surface area contributed by atoms with Crippen molar-refractivity contribution in [2.75, 3.05) is 13.7 Å². The highest BCUT2D eigenvalue weighted by Gasteiger charge is 2.42. The number of hydrogen-bond acceptors (Lipinski definition) is 5. The normalized spacial score (nSPS) is 14.7. The molecule has 7 nitrogen and oxygen atoms in total. The van der Waals surface area contributed by atoms with Crippen LogP contribution >= 0.6 is 0 Å². The number of sulfonamides is 1. The van der Waals surface area contributed by atoms with Gasteiger partial charge in [-0.1, -0.05) is 42.5 Å². The average molecular weight is 505 g/mol. The van der Waals surface area contributed by atoms with Gasteiger partial charge in [0.25, 0.3) is 21.8 Å². The van der Waals surface area contributed by atoms with E-state index >= 15 is 0 Å². The van der Waals surface area contributed by atoms with E-state index < -0.39 is 15.9 Å². The Kier molecular flexibility index (Phi) is 7.55. The Labute approximate surface area is 211 Å². The van der Waals surface area contributed by atoms with Crippen molar-refractivity contribution in [3.8, 4) is 5.75 Å². The maximum atomic E-state index is 13.2. The van der Waals surface area contributed by atoms with Gasteiger partial charge in [-0.25, -0.2) is 12.7 Å². The molecule has 0 bridgehead atoms. The van der Waals surface area contributed by atoms with Gasteiger partial charge >= 0.3 is 0 Å². The molecule has 1 heterocycles. The quantitative estimate of drug-likeness (QED) is 0.442. The van der Waals surface area contributed by atoms with Crippen molar-refractivity contribution in [3.05, 3.63) is 107 Å². The summed E-state index contributed by atoms with van der Waals surface area (Å²) in [7, 11) is -2.49. The zero-order valence-corrected chi connectivity index (χ0v) is 21.0. The van der Waals surface area contributed by atoms with E-state index in [1.165, 1.54) is 19.6 Å². The maximum Gasteiger partial charge on any atom is 0.268 e. The Morgan fingerprint density at radius 3 is 2.22 bits per heavy atom. The van der Waals surface area contributed by atoms with Gasteiger partial charge in [0.15, 0.2) is 0 Å². The summed E-state index contributed by atoms with van der Waals surface area (Å²) >= 11 is 0. The van der Waals surface area contributed by atoms with E-state index in [2.05, 4.69) is 17.4 Å². The lowest BCUT2D eigenvalue weighted by Crippen LogP contribution is -2.31. The number of carbonyl (C=O) groups excluding carboxylic acids is 2. The standard InChI is InChI=1S/C28H28N2O5S/c1-20-26(23-14-16-25(35-2)17-15-23)36(33,34)30(28(20)32)19-22-10-12-24(13-11-22)27(31)29-18-6-9-21-7-4-3-5-8-21/h3-5,7-8,10-17H,6,9,18-19H2,1-2H3,(H,29,31). The Morgan fingerprint density at radius 1 is 0.917 bits per heavy atom. The molecule has 36 heavy (non-hydrogen) atoms. The van der Waals surface area contributed by atoms with Crippen LogP contribution < -0.4 is 10.1 Å². The zero-order valence-electron chi connectivity index (χ0n) is 20.2. The number of amides is 2. The fourth-order valence-corrected chi connectivity index (χ4v) is 5.93. The van der Waals surface area contributed by atoms with Crippen LogP contribution in [0.25, 0.3) is 4.91 Å². The number of methoxy groups -OCH3 is 1. The SMILES string of the molecule is COc1ccc(C2=C(C)C(=O)N(Cc3ccc(C(=O)NCCCc4ccccc4)cc3)S2(=O)=O)cc1. The second-order valence-corrected chi connectivity index (χ2v) is 10.3. The third kappa shape index (κ3) is 5.33. The number of hydrogen-bond donors (Lipinski definition) is 1. The molecule has 4 rings (SSSR count). The Bertz CT molecular complexity index is 1380. The fourth-order valence-electron chi connectivity index (χ4n) is 4.13. The summed E-state index contributed by atoms with van der Waals surface area (Å²) in [6, 6.07) is 23.3. The van der Waals surface area contributed by atoms with Gasteiger partial charge in [0.05, 0.1) is 13.7 Å². The monoisotopic (exact) mass is 504 g/mol. The maximum absolute atomic E-state index is 13.2. The highest BCUT2D eigenvalue weighted by molar-refractivity contribution is 7.99. The minimum Gasteiger partial charge on any atom is -0.497 e. The molecule has 1 N–H and O–H groups in total. The molecule has 1 aliphatic heterocycles. The first-order chi connectivity index (χ1) is 17.3. The molecule has 0 saturated heterocycles. The average Bonchev–Trinajstić information content (AvgIpc) is 3.06. The van der Waals surface area contributed by atoms with Crippen molar-refractivity contribution in [1.29, 1.82) is 0 Å². The Morgan fingerprint density at radius 2 is 1.58 bits per heavy atom. The zero-order chi connectivity index (χ0) is 25.7. The molecule has 0 radical (unpaired) electrons. The lowest BCUT2D eigenvalue weighted by molar-refractivity contribution is -0.122. The van der Waals surface area contributed by atoms with E-state index in [9.17, 15) is 18.0 Å². The minimum atomic E-state index is -4.02. The van der Waals surface area contributed by atoms with Crippen LogP contribution in [-0.4, -0.2) is 38.2 Å². The van der Waals surface area contributed by atoms with Gasteiger partial charge in [-0.3, -0.25) is 9.59 Å². The second-order valence-electron chi connectivity index (χ2n) is 8.54. The first-order valence-corrected chi connectivity index (χ1v) is 13.1. The van der Waals surface area contributed by atoms with E-state index in [1.54, 1.807) is 48.5 Å². The number of carbonyl (C=O) groups is 2. The van der Waals surface area contributed by atoms with Crippen molar-refractivity contribution in [2.24, 2.45) is 0 Å². The summed E-state index contributed by atoms with van der Waals surface area (Å²) in [6.07, 6.45) is 1.70. The van der Waals surface area contributed by atoms with E-state index in [1.807, 2.05) is 18.2 Å². The predicted octanol–water partition coefficient (Wildman–Crippen LogP) is 4.16. The minimum absolute atomic E-state index is 0.00153. The topological polar surface area (TPSA) is 92.8 Å². The largest absolute Gasteiger partial charge is 0.497 e. The van der Waals surface area contributed by atoms with Crippen molar-refractivity contribution < 1.29 is 22.7 Å². The first-order valence-electron chi connectivity index (χ1n) is 11.6. The molecule has 8 heteroatoms. The van der Waals surface area contributed by atoms with Crippen LogP contribution in [-0.2, 0) is 27.8 Å².